The highest BCUT2D eigenvalue weighted by Crippen LogP contribution is 2.30. The Labute approximate surface area is 167 Å². The largest absolute Gasteiger partial charge is 0.266 e. The fraction of sp³-hybridized carbons (Fsp3) is 0.100. The number of benzene rings is 1. The average molecular weight is 411 g/mol. The lowest BCUT2D eigenvalue weighted by molar-refractivity contribution is 0.581. The molecule has 0 aliphatic heterocycles. The van der Waals surface area contributed by atoms with Gasteiger partial charge >= 0.3 is 0 Å². The van der Waals surface area contributed by atoms with Crippen molar-refractivity contribution in [1.29, 1.82) is 0 Å². The van der Waals surface area contributed by atoms with E-state index in [0.29, 0.717) is 12.2 Å². The Hall–Kier alpha value is -2.81. The van der Waals surface area contributed by atoms with Crippen LogP contribution >= 0.6 is 11.3 Å². The minimum atomic E-state index is -3.73. The van der Waals surface area contributed by atoms with Gasteiger partial charge in [0.1, 0.15) is 10.6 Å². The lowest BCUT2D eigenvalue weighted by Crippen LogP contribution is -2.23. The topological polar surface area (TPSA) is 76.9 Å². The van der Waals surface area contributed by atoms with Crippen molar-refractivity contribution >= 4 is 21.4 Å². The van der Waals surface area contributed by atoms with E-state index in [1.165, 1.54) is 11.3 Å². The molecule has 0 unspecified atom stereocenters. The number of sulfonamides is 1. The van der Waals surface area contributed by atoms with Crippen molar-refractivity contribution in [2.24, 2.45) is 0 Å². The first-order valence-electron chi connectivity index (χ1n) is 8.66. The van der Waals surface area contributed by atoms with Gasteiger partial charge in [0, 0.05) is 25.1 Å². The van der Waals surface area contributed by atoms with Crippen molar-refractivity contribution in [3.63, 3.8) is 0 Å². The fourth-order valence-corrected chi connectivity index (χ4v) is 4.76. The summed E-state index contributed by atoms with van der Waals surface area (Å²) in [5.41, 5.74) is 2.36. The van der Waals surface area contributed by atoms with Crippen molar-refractivity contribution in [2.45, 2.75) is 18.0 Å². The van der Waals surface area contributed by atoms with Gasteiger partial charge in [-0.25, -0.2) is 13.1 Å². The van der Waals surface area contributed by atoms with Crippen LogP contribution in [0.3, 0.4) is 0 Å². The summed E-state index contributed by atoms with van der Waals surface area (Å²) in [6, 6.07) is 17.1. The Bertz CT molecular complexity index is 1140. The third-order valence-electron chi connectivity index (χ3n) is 4.18. The standard InChI is InChI=1S/C20H18N4O2S2/c25-28(26,22-13-16-8-10-21-11-9-16)19-15-24(14-17-5-2-1-3-6-17)23-20(19)18-7-4-12-27-18/h1-12,15,22H,13-14H2. The summed E-state index contributed by atoms with van der Waals surface area (Å²) in [6.07, 6.45) is 4.87. The summed E-state index contributed by atoms with van der Waals surface area (Å²) in [5, 5.41) is 6.48. The van der Waals surface area contributed by atoms with E-state index >= 15 is 0 Å². The fourth-order valence-electron chi connectivity index (χ4n) is 2.79. The Morgan fingerprint density at radius 2 is 1.75 bits per heavy atom. The first kappa shape index (κ1) is 18.5. The zero-order valence-electron chi connectivity index (χ0n) is 14.9. The molecule has 0 aliphatic carbocycles. The second-order valence-electron chi connectivity index (χ2n) is 6.18. The molecule has 0 fully saturated rings. The minimum absolute atomic E-state index is 0.180. The Kier molecular flexibility index (Phi) is 5.34. The van der Waals surface area contributed by atoms with Crippen LogP contribution in [0.2, 0.25) is 0 Å². The number of aromatic nitrogens is 3. The highest BCUT2D eigenvalue weighted by molar-refractivity contribution is 7.89. The van der Waals surface area contributed by atoms with Crippen molar-refractivity contribution in [2.75, 3.05) is 0 Å². The van der Waals surface area contributed by atoms with Crippen molar-refractivity contribution < 1.29 is 8.42 Å². The van der Waals surface area contributed by atoms with Gasteiger partial charge in [0.25, 0.3) is 0 Å². The molecule has 3 heterocycles. The van der Waals surface area contributed by atoms with Crippen molar-refractivity contribution in [3.8, 4) is 10.6 Å². The maximum atomic E-state index is 13.0. The van der Waals surface area contributed by atoms with E-state index in [1.807, 2.05) is 47.8 Å². The summed E-state index contributed by atoms with van der Waals surface area (Å²) in [7, 11) is -3.73. The molecular formula is C20H18N4O2S2. The van der Waals surface area contributed by atoms with E-state index in [-0.39, 0.29) is 11.4 Å². The smallest absolute Gasteiger partial charge is 0.244 e. The molecule has 6 nitrogen and oxygen atoms in total. The summed E-state index contributed by atoms with van der Waals surface area (Å²) in [5.74, 6) is 0. The maximum Gasteiger partial charge on any atom is 0.244 e. The number of hydrogen-bond donors (Lipinski definition) is 1. The molecule has 4 aromatic rings. The molecule has 8 heteroatoms. The van der Waals surface area contributed by atoms with Crippen LogP contribution in [0, 0.1) is 0 Å². The zero-order valence-corrected chi connectivity index (χ0v) is 16.5. The van der Waals surface area contributed by atoms with Crippen LogP contribution < -0.4 is 4.72 Å². The van der Waals surface area contributed by atoms with E-state index in [2.05, 4.69) is 14.8 Å². The van der Waals surface area contributed by atoms with Gasteiger partial charge in [0.2, 0.25) is 10.0 Å². The second kappa shape index (κ2) is 8.05. The van der Waals surface area contributed by atoms with Gasteiger partial charge in [-0.3, -0.25) is 9.67 Å². The predicted molar refractivity (Wildman–Crippen MR) is 109 cm³/mol. The molecule has 0 amide bonds. The first-order chi connectivity index (χ1) is 13.6. The van der Waals surface area contributed by atoms with Gasteiger partial charge < -0.3 is 0 Å². The minimum Gasteiger partial charge on any atom is -0.266 e. The van der Waals surface area contributed by atoms with Crippen LogP contribution in [0.25, 0.3) is 10.6 Å². The molecule has 28 heavy (non-hydrogen) atoms. The summed E-state index contributed by atoms with van der Waals surface area (Å²) in [6.45, 7) is 0.692. The second-order valence-corrected chi connectivity index (χ2v) is 8.87. The maximum absolute atomic E-state index is 13.0. The molecule has 0 atom stereocenters. The first-order valence-corrected chi connectivity index (χ1v) is 11.0. The third kappa shape index (κ3) is 4.19. The lowest BCUT2D eigenvalue weighted by atomic mass is 10.2. The number of rotatable bonds is 7. The quantitative estimate of drug-likeness (QED) is 0.506. The number of thiophene rings is 1. The Morgan fingerprint density at radius 1 is 0.964 bits per heavy atom. The van der Waals surface area contributed by atoms with E-state index in [0.717, 1.165) is 16.0 Å². The van der Waals surface area contributed by atoms with Crippen LogP contribution in [0.4, 0.5) is 0 Å². The van der Waals surface area contributed by atoms with Gasteiger partial charge in [-0.1, -0.05) is 36.4 Å². The number of nitrogens with zero attached hydrogens (tertiary/aromatic N) is 3. The molecule has 0 radical (unpaired) electrons. The normalized spacial score (nSPS) is 11.6. The molecule has 4 rings (SSSR count). The third-order valence-corrected chi connectivity index (χ3v) is 6.45. The van der Waals surface area contributed by atoms with Crippen molar-refractivity contribution in [1.82, 2.24) is 19.5 Å². The molecule has 0 saturated carbocycles. The Morgan fingerprint density at radius 3 is 2.46 bits per heavy atom. The SMILES string of the molecule is O=S(=O)(NCc1ccncc1)c1cn(Cc2ccccc2)nc1-c1cccs1. The summed E-state index contributed by atoms with van der Waals surface area (Å²) >= 11 is 1.46. The van der Waals surface area contributed by atoms with Crippen LogP contribution in [0.1, 0.15) is 11.1 Å². The highest BCUT2D eigenvalue weighted by atomic mass is 32.2. The Balaban J connectivity index is 1.66. The molecule has 1 N–H and O–H groups in total. The van der Waals surface area contributed by atoms with Crippen LogP contribution in [0.5, 0.6) is 0 Å². The number of pyridine rings is 1. The molecule has 0 bridgehead atoms. The van der Waals surface area contributed by atoms with Crippen LogP contribution in [-0.2, 0) is 23.1 Å². The van der Waals surface area contributed by atoms with Gasteiger partial charge in [-0.2, -0.15) is 5.10 Å². The number of nitrogens with one attached hydrogen (secondary N) is 1. The highest BCUT2D eigenvalue weighted by Gasteiger charge is 2.24. The molecule has 0 aliphatic rings. The van der Waals surface area contributed by atoms with Crippen LogP contribution in [-0.4, -0.2) is 23.2 Å². The summed E-state index contributed by atoms with van der Waals surface area (Å²) in [4.78, 5) is 4.95. The molecule has 0 saturated heterocycles. The van der Waals surface area contributed by atoms with Gasteiger partial charge in [0.05, 0.1) is 11.4 Å². The van der Waals surface area contributed by atoms with Gasteiger partial charge in [-0.05, 0) is 34.7 Å². The van der Waals surface area contributed by atoms with Gasteiger partial charge in [-0.15, -0.1) is 11.3 Å². The molecule has 142 valence electrons. The average Bonchev–Trinajstić information content (AvgIpc) is 3.38. The van der Waals surface area contributed by atoms with E-state index in [1.54, 1.807) is 35.4 Å². The molecule has 1 aromatic carbocycles. The number of hydrogen-bond acceptors (Lipinski definition) is 5. The predicted octanol–water partition coefficient (Wildman–Crippen LogP) is 3.53. The van der Waals surface area contributed by atoms with Crippen LogP contribution in [0.15, 0.2) is 83.5 Å². The summed E-state index contributed by atoms with van der Waals surface area (Å²) < 4.78 is 30.4. The van der Waals surface area contributed by atoms with E-state index in [9.17, 15) is 8.42 Å². The van der Waals surface area contributed by atoms with Crippen molar-refractivity contribution in [3.05, 3.63) is 89.7 Å². The molecule has 0 spiro atoms. The van der Waals surface area contributed by atoms with Gasteiger partial charge in [0.15, 0.2) is 0 Å². The van der Waals surface area contributed by atoms with E-state index < -0.39 is 10.0 Å². The monoisotopic (exact) mass is 410 g/mol. The molecular weight excluding hydrogens is 392 g/mol. The molecule has 3 aromatic heterocycles. The van der Waals surface area contributed by atoms with E-state index in [4.69, 9.17) is 0 Å². The lowest BCUT2D eigenvalue weighted by Gasteiger charge is -2.06. The zero-order chi connectivity index (χ0) is 19.4.